The number of rotatable bonds is 3. The van der Waals surface area contributed by atoms with Crippen molar-refractivity contribution in [1.82, 2.24) is 9.88 Å². The Balaban J connectivity index is 1.67. The van der Waals surface area contributed by atoms with Gasteiger partial charge in [0.15, 0.2) is 0 Å². The summed E-state index contributed by atoms with van der Waals surface area (Å²) in [6.45, 7) is 2.40. The van der Waals surface area contributed by atoms with Crippen molar-refractivity contribution in [2.24, 2.45) is 0 Å². The van der Waals surface area contributed by atoms with Crippen LogP contribution in [0.3, 0.4) is 0 Å². The van der Waals surface area contributed by atoms with Crippen LogP contribution in [0.5, 0.6) is 0 Å². The molecule has 1 fully saturated rings. The molecule has 2 aromatic rings. The largest absolute Gasteiger partial charge is 0.321 e. The zero-order valence-corrected chi connectivity index (χ0v) is 13.3. The van der Waals surface area contributed by atoms with Crippen molar-refractivity contribution < 1.29 is 0 Å². The molecule has 0 aliphatic carbocycles. The standard InChI is InChI=1S/C16H17N3S2/c1-2-6-13(7-3-1)19-11-15(14-10-17-12-20-14)21-16(19)18-8-4-5-9-18/h1-3,6-7,10-12,16H,4-5,8-9H2. The van der Waals surface area contributed by atoms with E-state index in [4.69, 9.17) is 0 Å². The average Bonchev–Trinajstić information content (AvgIpc) is 3.27. The van der Waals surface area contributed by atoms with Crippen molar-refractivity contribution in [2.75, 3.05) is 18.0 Å². The monoisotopic (exact) mass is 315 g/mol. The number of hydrogen-bond acceptors (Lipinski definition) is 5. The molecule has 0 spiro atoms. The summed E-state index contributed by atoms with van der Waals surface area (Å²) in [7, 11) is 0. The van der Waals surface area contributed by atoms with Crippen molar-refractivity contribution in [2.45, 2.75) is 18.3 Å². The molecule has 0 saturated carbocycles. The molecule has 1 saturated heterocycles. The predicted molar refractivity (Wildman–Crippen MR) is 91.2 cm³/mol. The van der Waals surface area contributed by atoms with Crippen LogP contribution in [0.4, 0.5) is 5.69 Å². The fourth-order valence-electron chi connectivity index (χ4n) is 2.87. The van der Waals surface area contributed by atoms with E-state index in [2.05, 4.69) is 51.3 Å². The second-order valence-corrected chi connectivity index (χ2v) is 7.27. The lowest BCUT2D eigenvalue weighted by Gasteiger charge is -2.32. The van der Waals surface area contributed by atoms with E-state index >= 15 is 0 Å². The van der Waals surface area contributed by atoms with E-state index in [-0.39, 0.29) is 0 Å². The van der Waals surface area contributed by atoms with Crippen molar-refractivity contribution in [3.05, 3.63) is 53.1 Å². The highest BCUT2D eigenvalue weighted by Gasteiger charge is 2.33. The fraction of sp³-hybridized carbons (Fsp3) is 0.312. The number of hydrogen-bond donors (Lipinski definition) is 0. The van der Waals surface area contributed by atoms with Gasteiger partial charge in [-0.15, -0.1) is 11.3 Å². The minimum Gasteiger partial charge on any atom is -0.321 e. The van der Waals surface area contributed by atoms with Gasteiger partial charge in [0.2, 0.25) is 0 Å². The van der Waals surface area contributed by atoms with Gasteiger partial charge in [-0.05, 0) is 25.0 Å². The van der Waals surface area contributed by atoms with Crippen LogP contribution in [0, 0.1) is 0 Å². The Hall–Kier alpha value is -1.30. The number of likely N-dealkylation sites (tertiary alicyclic amines) is 1. The molecule has 0 amide bonds. The zero-order chi connectivity index (χ0) is 14.1. The van der Waals surface area contributed by atoms with E-state index in [9.17, 15) is 0 Å². The van der Waals surface area contributed by atoms with Gasteiger partial charge >= 0.3 is 0 Å². The number of thiazole rings is 1. The molecule has 1 unspecified atom stereocenters. The van der Waals surface area contributed by atoms with Gasteiger partial charge in [-0.3, -0.25) is 9.88 Å². The Labute approximate surface area is 133 Å². The fourth-order valence-corrected chi connectivity index (χ4v) is 4.91. The summed E-state index contributed by atoms with van der Waals surface area (Å²) in [5.74, 6) is 0. The van der Waals surface area contributed by atoms with Gasteiger partial charge in [-0.25, -0.2) is 0 Å². The van der Waals surface area contributed by atoms with Crippen molar-refractivity contribution in [1.29, 1.82) is 0 Å². The normalized spacial score (nSPS) is 22.8. The van der Waals surface area contributed by atoms with Crippen molar-refractivity contribution in [3.8, 4) is 0 Å². The van der Waals surface area contributed by atoms with Gasteiger partial charge in [0, 0.05) is 36.1 Å². The Bertz CT molecular complexity index is 618. The molecule has 1 atom stereocenters. The van der Waals surface area contributed by atoms with E-state index < -0.39 is 0 Å². The second-order valence-electron chi connectivity index (χ2n) is 5.29. The molecule has 2 aliphatic heterocycles. The molecule has 3 heterocycles. The van der Waals surface area contributed by atoms with E-state index in [1.165, 1.54) is 41.4 Å². The predicted octanol–water partition coefficient (Wildman–Crippen LogP) is 4.07. The van der Waals surface area contributed by atoms with Crippen LogP contribution in [0.1, 0.15) is 17.7 Å². The van der Waals surface area contributed by atoms with Gasteiger partial charge in [0.05, 0.1) is 10.4 Å². The van der Waals surface area contributed by atoms with E-state index in [0.29, 0.717) is 5.50 Å². The molecule has 5 heteroatoms. The Kier molecular flexibility index (Phi) is 3.71. The van der Waals surface area contributed by atoms with Crippen LogP contribution in [0.2, 0.25) is 0 Å². The highest BCUT2D eigenvalue weighted by atomic mass is 32.2. The van der Waals surface area contributed by atoms with Gasteiger partial charge < -0.3 is 4.90 Å². The van der Waals surface area contributed by atoms with Crippen LogP contribution >= 0.6 is 23.1 Å². The third-order valence-electron chi connectivity index (χ3n) is 3.91. The van der Waals surface area contributed by atoms with Gasteiger partial charge in [-0.1, -0.05) is 30.0 Å². The first-order chi connectivity index (χ1) is 10.4. The number of thioether (sulfide) groups is 1. The summed E-state index contributed by atoms with van der Waals surface area (Å²) >= 11 is 3.67. The van der Waals surface area contributed by atoms with Crippen LogP contribution < -0.4 is 4.90 Å². The lowest BCUT2D eigenvalue weighted by molar-refractivity contribution is 0.321. The van der Waals surface area contributed by atoms with Crippen LogP contribution in [0.25, 0.3) is 4.91 Å². The first kappa shape index (κ1) is 13.4. The molecular weight excluding hydrogens is 298 g/mol. The van der Waals surface area contributed by atoms with Gasteiger partial charge in [0.1, 0.15) is 5.50 Å². The van der Waals surface area contributed by atoms with E-state index in [1.54, 1.807) is 11.3 Å². The average molecular weight is 315 g/mol. The number of para-hydroxylation sites is 1. The molecule has 108 valence electrons. The molecule has 0 radical (unpaired) electrons. The third kappa shape index (κ3) is 2.61. The molecule has 21 heavy (non-hydrogen) atoms. The summed E-state index contributed by atoms with van der Waals surface area (Å²) in [4.78, 5) is 11.8. The number of benzene rings is 1. The molecule has 1 aromatic carbocycles. The Morgan fingerprint density at radius 2 is 1.90 bits per heavy atom. The Morgan fingerprint density at radius 1 is 1.10 bits per heavy atom. The SMILES string of the molecule is C1=C(c2cncs2)SC(N2CCCC2)N1c1ccccc1. The van der Waals surface area contributed by atoms with E-state index in [1.807, 2.05) is 23.5 Å². The molecule has 2 aliphatic rings. The minimum absolute atomic E-state index is 0.381. The molecule has 1 aromatic heterocycles. The van der Waals surface area contributed by atoms with Crippen LogP contribution in [-0.2, 0) is 0 Å². The minimum atomic E-state index is 0.381. The zero-order valence-electron chi connectivity index (χ0n) is 11.7. The van der Waals surface area contributed by atoms with Gasteiger partial charge in [-0.2, -0.15) is 0 Å². The van der Waals surface area contributed by atoms with Gasteiger partial charge in [0.25, 0.3) is 0 Å². The van der Waals surface area contributed by atoms with E-state index in [0.717, 1.165) is 0 Å². The molecule has 3 nitrogen and oxygen atoms in total. The lowest BCUT2D eigenvalue weighted by atomic mass is 10.3. The van der Waals surface area contributed by atoms with Crippen LogP contribution in [0.15, 0.2) is 48.2 Å². The molecule has 0 bridgehead atoms. The summed E-state index contributed by atoms with van der Waals surface area (Å²) in [6.07, 6.45) is 6.89. The maximum Gasteiger partial charge on any atom is 0.139 e. The summed E-state index contributed by atoms with van der Waals surface area (Å²) < 4.78 is 0. The number of anilines is 1. The summed E-state index contributed by atoms with van der Waals surface area (Å²) in [5, 5.41) is 0. The summed E-state index contributed by atoms with van der Waals surface area (Å²) in [6, 6.07) is 10.7. The quantitative estimate of drug-likeness (QED) is 0.850. The summed E-state index contributed by atoms with van der Waals surface area (Å²) in [5.41, 5.74) is 3.56. The highest BCUT2D eigenvalue weighted by molar-refractivity contribution is 8.09. The second kappa shape index (κ2) is 5.83. The first-order valence-corrected chi connectivity index (χ1v) is 9.02. The molecule has 4 rings (SSSR count). The topological polar surface area (TPSA) is 19.4 Å². The maximum atomic E-state index is 4.22. The molecular formula is C16H17N3S2. The highest BCUT2D eigenvalue weighted by Crippen LogP contribution is 2.44. The van der Waals surface area contributed by atoms with Crippen molar-refractivity contribution in [3.63, 3.8) is 0 Å². The first-order valence-electron chi connectivity index (χ1n) is 7.26. The molecule has 0 N–H and O–H groups in total. The smallest absolute Gasteiger partial charge is 0.139 e. The van der Waals surface area contributed by atoms with Crippen LogP contribution in [-0.4, -0.2) is 28.5 Å². The number of aromatic nitrogens is 1. The third-order valence-corrected chi connectivity index (χ3v) is 6.16. The lowest BCUT2D eigenvalue weighted by Crippen LogP contribution is -2.40. The number of nitrogens with zero attached hydrogens (tertiary/aromatic N) is 3. The Morgan fingerprint density at radius 3 is 2.62 bits per heavy atom. The van der Waals surface area contributed by atoms with Crippen molar-refractivity contribution >= 4 is 33.7 Å². The maximum absolute atomic E-state index is 4.22.